The molecular formula is C41H91N5O19P3+5. The number of rotatable bonds is 45. The molecule has 24 nitrogen and oxygen atoms in total. The summed E-state index contributed by atoms with van der Waals surface area (Å²) in [6.07, 6.45) is 14.8. The van der Waals surface area contributed by atoms with Crippen LogP contribution in [0.15, 0.2) is 0 Å². The Bertz CT molecular complexity index is 1450. The molecule has 0 bridgehead atoms. The van der Waals surface area contributed by atoms with Crippen LogP contribution >= 0.6 is 23.5 Å². The van der Waals surface area contributed by atoms with Gasteiger partial charge in [0.2, 0.25) is 0 Å². The number of phosphoric ester groups is 1. The number of aliphatic hydroxyl groups excluding tert-OH is 3. The Kier molecular flexibility index (Phi) is 36.8. The molecule has 404 valence electrons. The lowest BCUT2D eigenvalue weighted by atomic mass is 9.85. The Balaban J connectivity index is 2.93. The molecule has 0 heterocycles. The zero-order valence-corrected chi connectivity index (χ0v) is 43.7. The highest BCUT2D eigenvalue weighted by Crippen LogP contribution is 2.55. The molecule has 1 saturated carbocycles. The number of phosphoric acid groups is 3. The third-order valence-electron chi connectivity index (χ3n) is 11.7. The van der Waals surface area contributed by atoms with E-state index in [0.29, 0.717) is 12.8 Å². The Morgan fingerprint density at radius 2 is 0.735 bits per heavy atom. The molecule has 0 saturated heterocycles. The fourth-order valence-corrected chi connectivity index (χ4v) is 10.2. The second-order valence-corrected chi connectivity index (χ2v) is 22.1. The monoisotopic (exact) mass is 1050 g/mol. The second kappa shape index (κ2) is 38.6. The lowest BCUT2D eigenvalue weighted by Gasteiger charge is -2.44. The summed E-state index contributed by atoms with van der Waals surface area (Å²) >= 11 is 0. The number of carbonyl (C=O) groups excluding carboxylic acids is 2. The Morgan fingerprint density at radius 3 is 1.10 bits per heavy atom. The van der Waals surface area contributed by atoms with Crippen molar-refractivity contribution in [3.8, 4) is 0 Å². The first-order valence-electron chi connectivity index (χ1n) is 24.7. The standard InChI is InChI=1S/C41H91N5O19P3/c1-3-5-7-9-11-13-15-17-19-21-23-25-27-29-34(47)55-31-33(57-35(48)30-28-26-24-22-20-18-16-14-12-10-8-6-4-2)32-56-66(52,61-42)58-39-36(49)37(50)40(59-67(53,62-43)63-44)41(38(39)51)60-68(54,64-45)65-46/h33,36-41,49-51H,3-32H2,1-2,42-46H3/q+5/t33-,36-,37+,38+,39-,40-,41-,66?/m1/s1. The molecule has 1 unspecified atom stereocenters. The van der Waals surface area contributed by atoms with Gasteiger partial charge in [0.25, 0.3) is 0 Å². The van der Waals surface area contributed by atoms with Crippen molar-refractivity contribution in [2.45, 2.75) is 236 Å². The van der Waals surface area contributed by atoms with Gasteiger partial charge in [-0.2, -0.15) is 0 Å². The van der Waals surface area contributed by atoms with Crippen LogP contribution in [0.2, 0.25) is 0 Å². The SMILES string of the molecule is CCCCCCCCCCCCCCCC(=O)OC[C@H](COP(=O)(O[NH3+])O[C@@H]1[C@H](O)[C@H](O)[C@@H](OP(=O)(O[NH3+])O[NH3+])[C@H](OP(=O)(O[NH3+])O[NH3+])[C@H]1O)OC(=O)CCCCCCCCCCCCCCC. The molecule has 68 heavy (non-hydrogen) atoms. The van der Waals surface area contributed by atoms with Crippen LogP contribution in [-0.2, 0) is 74.0 Å². The van der Waals surface area contributed by atoms with E-state index in [-0.39, 0.29) is 12.8 Å². The summed E-state index contributed by atoms with van der Waals surface area (Å²) in [6.45, 7) is 3.18. The van der Waals surface area contributed by atoms with Crippen LogP contribution in [0.5, 0.6) is 0 Å². The summed E-state index contributed by atoms with van der Waals surface area (Å²) < 4.78 is 94.2. The van der Waals surface area contributed by atoms with Crippen molar-refractivity contribution >= 4 is 35.4 Å². The molecule has 0 aromatic carbocycles. The van der Waals surface area contributed by atoms with Gasteiger partial charge in [-0.1, -0.05) is 191 Å². The maximum atomic E-state index is 13.9. The quantitative estimate of drug-likeness (QED) is 0.0186. The van der Waals surface area contributed by atoms with E-state index in [1.807, 2.05) is 0 Å². The molecule has 27 heteroatoms. The third kappa shape index (κ3) is 27.7. The number of esters is 2. The first-order chi connectivity index (χ1) is 32.6. The van der Waals surface area contributed by atoms with Gasteiger partial charge in [0.05, 0.1) is 6.61 Å². The Labute approximate surface area is 402 Å². The predicted octanol–water partition coefficient (Wildman–Crippen LogP) is 3.86. The van der Waals surface area contributed by atoms with E-state index in [4.69, 9.17) is 32.2 Å². The van der Waals surface area contributed by atoms with Crippen molar-refractivity contribution in [2.24, 2.45) is 0 Å². The molecule has 18 N–H and O–H groups in total. The lowest BCUT2D eigenvalue weighted by Crippen LogP contribution is -2.66. The van der Waals surface area contributed by atoms with Crippen LogP contribution < -0.4 is 29.5 Å². The minimum atomic E-state index is -5.02. The highest BCUT2D eigenvalue weighted by Gasteiger charge is 2.59. The van der Waals surface area contributed by atoms with Gasteiger partial charge in [0.15, 0.2) is 6.10 Å². The van der Waals surface area contributed by atoms with E-state index in [2.05, 4.69) is 61.8 Å². The van der Waals surface area contributed by atoms with Crippen LogP contribution in [0.4, 0.5) is 0 Å². The molecule has 0 spiro atoms. The summed E-state index contributed by atoms with van der Waals surface area (Å²) in [5, 5.41) is 33.4. The normalized spacial score (nSPS) is 21.4. The van der Waals surface area contributed by atoms with E-state index in [1.54, 1.807) is 0 Å². The van der Waals surface area contributed by atoms with Gasteiger partial charge < -0.3 is 24.8 Å². The van der Waals surface area contributed by atoms with Gasteiger partial charge in [-0.3, -0.25) is 27.7 Å². The average Bonchev–Trinajstić information content (AvgIpc) is 3.34. The van der Waals surface area contributed by atoms with Crippen LogP contribution in [-0.4, -0.2) is 83.2 Å². The van der Waals surface area contributed by atoms with Crippen molar-refractivity contribution < 1.29 is 119 Å². The molecule has 0 aliphatic heterocycles. The number of carbonyl (C=O) groups is 2. The molecule has 8 atom stereocenters. The number of aliphatic hydroxyl groups is 3. The maximum absolute atomic E-state index is 13.9. The first kappa shape index (κ1) is 65.0. The van der Waals surface area contributed by atoms with Crippen LogP contribution in [0.1, 0.15) is 194 Å². The van der Waals surface area contributed by atoms with Crippen molar-refractivity contribution in [3.63, 3.8) is 0 Å². The first-order valence-corrected chi connectivity index (χ1v) is 29.1. The topological polar surface area (TPSA) is 386 Å². The lowest BCUT2D eigenvalue weighted by molar-refractivity contribution is -0.685. The summed E-state index contributed by atoms with van der Waals surface area (Å²) in [6, 6.07) is 0. The molecule has 1 fully saturated rings. The van der Waals surface area contributed by atoms with Crippen LogP contribution in [0.25, 0.3) is 0 Å². The van der Waals surface area contributed by atoms with Crippen LogP contribution in [0, 0.1) is 0 Å². The summed E-state index contributed by atoms with van der Waals surface area (Å²) in [7, 11) is -14.5. The molecular weight excluding hydrogens is 959 g/mol. The number of ether oxygens (including phenoxy) is 2. The summed E-state index contributed by atoms with van der Waals surface area (Å²) in [5.74, 6) is 13.7. The number of quaternary nitrogens is 5. The molecule has 0 aromatic heterocycles. The smallest absolute Gasteiger partial charge is 0.462 e. The van der Waals surface area contributed by atoms with Gasteiger partial charge >= 0.3 is 35.4 Å². The van der Waals surface area contributed by atoms with Gasteiger partial charge in [-0.15, -0.1) is 0 Å². The predicted molar refractivity (Wildman–Crippen MR) is 243 cm³/mol. The van der Waals surface area contributed by atoms with Crippen LogP contribution in [0.3, 0.4) is 0 Å². The average molecular weight is 1050 g/mol. The molecule has 1 rings (SSSR count). The van der Waals surface area contributed by atoms with E-state index in [1.165, 1.54) is 103 Å². The minimum Gasteiger partial charge on any atom is -0.462 e. The molecule has 1 aliphatic rings. The maximum Gasteiger partial charge on any atom is 0.567 e. The minimum absolute atomic E-state index is 0.0488. The summed E-state index contributed by atoms with van der Waals surface area (Å²) in [5.41, 5.74) is 0. The second-order valence-electron chi connectivity index (χ2n) is 17.2. The van der Waals surface area contributed by atoms with Crippen molar-refractivity contribution in [1.82, 2.24) is 0 Å². The highest BCUT2D eigenvalue weighted by atomic mass is 31.2. The zero-order chi connectivity index (χ0) is 50.7. The van der Waals surface area contributed by atoms with Gasteiger partial charge in [-0.05, 0) is 12.8 Å². The van der Waals surface area contributed by atoms with E-state index in [0.717, 1.165) is 51.4 Å². The van der Waals surface area contributed by atoms with E-state index in [9.17, 15) is 38.6 Å². The number of hydrogen-bond donors (Lipinski definition) is 8. The molecule has 1 aliphatic carbocycles. The highest BCUT2D eigenvalue weighted by molar-refractivity contribution is 7.48. The number of hydrogen-bond acceptors (Lipinski definition) is 19. The molecule has 0 aromatic rings. The third-order valence-corrected chi connectivity index (χ3v) is 15.2. The fraction of sp³-hybridized carbons (Fsp3) is 0.951. The van der Waals surface area contributed by atoms with E-state index >= 15 is 0 Å². The largest absolute Gasteiger partial charge is 0.567 e. The van der Waals surface area contributed by atoms with Gasteiger partial charge in [0, 0.05) is 12.8 Å². The van der Waals surface area contributed by atoms with Crippen molar-refractivity contribution in [1.29, 1.82) is 0 Å². The molecule has 0 amide bonds. The van der Waals surface area contributed by atoms with Crippen molar-refractivity contribution in [2.75, 3.05) is 13.2 Å². The number of unbranched alkanes of at least 4 members (excludes halogenated alkanes) is 24. The molecule has 0 radical (unpaired) electrons. The zero-order valence-electron chi connectivity index (χ0n) is 41.0. The van der Waals surface area contributed by atoms with Gasteiger partial charge in [0.1, 0.15) is 43.2 Å². The Hall–Kier alpha value is -1.05. The summed E-state index contributed by atoms with van der Waals surface area (Å²) in [4.78, 5) is 25.8. The van der Waals surface area contributed by atoms with Gasteiger partial charge in [-0.25, -0.2) is 43.2 Å². The Morgan fingerprint density at radius 1 is 0.426 bits per heavy atom. The fourth-order valence-electron chi connectivity index (χ4n) is 7.64. The van der Waals surface area contributed by atoms with Crippen molar-refractivity contribution in [3.05, 3.63) is 0 Å². The van der Waals surface area contributed by atoms with E-state index < -0.39 is 91.3 Å².